The molecule has 4 rings (SSSR count). The summed E-state index contributed by atoms with van der Waals surface area (Å²) in [6.07, 6.45) is 0.226. The molecule has 2 N–H and O–H groups in total. The lowest BCUT2D eigenvalue weighted by molar-refractivity contribution is -0.134. The van der Waals surface area contributed by atoms with Crippen LogP contribution in [-0.2, 0) is 18.6 Å². The molecule has 42 heavy (non-hydrogen) atoms. The van der Waals surface area contributed by atoms with Crippen LogP contribution in [0, 0.1) is 12.7 Å². The number of rotatable bonds is 11. The van der Waals surface area contributed by atoms with Crippen molar-refractivity contribution in [2.24, 2.45) is 0 Å². The monoisotopic (exact) mass is 597 g/mol. The quantitative estimate of drug-likeness (QED) is 0.193. The van der Waals surface area contributed by atoms with Gasteiger partial charge in [-0.3, -0.25) is 9.59 Å². The van der Waals surface area contributed by atoms with Crippen molar-refractivity contribution in [1.82, 2.24) is 10.2 Å². The lowest BCUT2D eigenvalue weighted by atomic mass is 9.91. The number of carbonyl (C=O) groups is 3. The zero-order valence-electron chi connectivity index (χ0n) is 24.6. The second-order valence-electron chi connectivity index (χ2n) is 9.25. The fourth-order valence-electron chi connectivity index (χ4n) is 4.48. The Hall–Kier alpha value is -3.85. The summed E-state index contributed by atoms with van der Waals surface area (Å²) in [5, 5.41) is 5.27. The van der Waals surface area contributed by atoms with Gasteiger partial charge in [-0.2, -0.15) is 0 Å². The van der Waals surface area contributed by atoms with Gasteiger partial charge in [0.2, 0.25) is 14.3 Å². The molecule has 3 aromatic carbocycles. The number of aryl methyl sites for hydroxylation is 1. The molecular weight excluding hydrogens is 560 g/mol. The van der Waals surface area contributed by atoms with E-state index in [1.807, 2.05) is 32.0 Å². The average Bonchev–Trinajstić information content (AvgIpc) is 3.30. The first-order chi connectivity index (χ1) is 20.2. The number of amides is 4. The summed E-state index contributed by atoms with van der Waals surface area (Å²) in [4.78, 5) is 41.4. The highest BCUT2D eigenvalue weighted by molar-refractivity contribution is 7.46. The van der Waals surface area contributed by atoms with E-state index in [4.69, 9.17) is 13.8 Å². The molecule has 2 unspecified atom stereocenters. The Labute approximate surface area is 247 Å². The van der Waals surface area contributed by atoms with E-state index in [1.54, 1.807) is 56.3 Å². The van der Waals surface area contributed by atoms with E-state index in [9.17, 15) is 18.8 Å². The number of nitrogens with zero attached hydrogens (tertiary/aromatic N) is 1. The molecular formula is C31H37FN3O6P. The van der Waals surface area contributed by atoms with Gasteiger partial charge in [-0.25, -0.2) is 14.1 Å². The summed E-state index contributed by atoms with van der Waals surface area (Å²) >= 11 is 0. The summed E-state index contributed by atoms with van der Waals surface area (Å²) in [5.41, 5.74) is 1.91. The summed E-state index contributed by atoms with van der Waals surface area (Å²) in [7, 11) is 1.89. The molecule has 3 aromatic rings. The molecule has 3 atom stereocenters. The maximum atomic E-state index is 14.6. The van der Waals surface area contributed by atoms with Crippen LogP contribution in [0.2, 0.25) is 0 Å². The van der Waals surface area contributed by atoms with Gasteiger partial charge in [0.1, 0.15) is 23.7 Å². The zero-order valence-corrected chi connectivity index (χ0v) is 25.5. The van der Waals surface area contributed by atoms with Crippen molar-refractivity contribution < 1.29 is 32.6 Å². The summed E-state index contributed by atoms with van der Waals surface area (Å²) in [5.74, 6) is -1.93. The van der Waals surface area contributed by atoms with Gasteiger partial charge < -0.3 is 24.4 Å². The second kappa shape index (κ2) is 15.4. The first-order valence-electron chi connectivity index (χ1n) is 13.6. The number of halogens is 1. The van der Waals surface area contributed by atoms with Gasteiger partial charge >= 0.3 is 6.03 Å². The lowest BCUT2D eigenvalue weighted by Crippen LogP contribution is -2.50. The predicted octanol–water partition coefficient (Wildman–Crippen LogP) is 6.51. The largest absolute Gasteiger partial charge is 0.484 e. The van der Waals surface area contributed by atoms with Crippen LogP contribution in [0.15, 0.2) is 72.8 Å². The first kappa shape index (κ1) is 32.7. The van der Waals surface area contributed by atoms with E-state index in [2.05, 4.69) is 10.6 Å². The number of urea groups is 1. The maximum absolute atomic E-state index is 14.6. The van der Waals surface area contributed by atoms with E-state index >= 15 is 0 Å². The molecule has 1 aliphatic rings. The molecule has 9 nitrogen and oxygen atoms in total. The second-order valence-corrected chi connectivity index (χ2v) is 10.9. The SMILES string of the molecule is CC.COP(COc1ccc([C@H]2NC(=O)N(C(C(=O)Nc3ccc(C)cc3F)C(C)c3ccccc3)C2=O)cc1)OC. The van der Waals surface area contributed by atoms with Crippen LogP contribution in [0.25, 0.3) is 0 Å². The number of benzene rings is 3. The standard InChI is InChI=1S/C29H31FN3O6P.C2H6/c1-18-10-15-24(23(30)16-18)31-27(34)26(19(2)20-8-6-5-7-9-20)33-28(35)25(32-29(33)36)21-11-13-22(14-12-21)39-17-40(37-3)38-4;1-2/h5-16,19,25-26H,17H2,1-4H3,(H,31,34)(H,32,36);1-2H3/t19?,25-,26?;/m1./s1. The predicted molar refractivity (Wildman–Crippen MR) is 161 cm³/mol. The average molecular weight is 598 g/mol. The number of carbonyl (C=O) groups excluding carboxylic acids is 3. The number of hydrogen-bond acceptors (Lipinski definition) is 6. The van der Waals surface area contributed by atoms with Crippen LogP contribution < -0.4 is 15.4 Å². The Morgan fingerprint density at radius 3 is 2.26 bits per heavy atom. The van der Waals surface area contributed by atoms with Crippen molar-refractivity contribution in [2.75, 3.05) is 25.9 Å². The molecule has 1 fully saturated rings. The summed E-state index contributed by atoms with van der Waals surface area (Å²) < 4.78 is 30.6. The van der Waals surface area contributed by atoms with Crippen molar-refractivity contribution in [3.63, 3.8) is 0 Å². The van der Waals surface area contributed by atoms with Crippen molar-refractivity contribution >= 4 is 31.9 Å². The van der Waals surface area contributed by atoms with Crippen LogP contribution in [0.3, 0.4) is 0 Å². The topological polar surface area (TPSA) is 106 Å². The summed E-state index contributed by atoms with van der Waals surface area (Å²) in [6.45, 7) is 7.48. The third kappa shape index (κ3) is 7.70. The molecule has 0 saturated carbocycles. The minimum atomic E-state index is -1.24. The van der Waals surface area contributed by atoms with E-state index in [-0.39, 0.29) is 12.0 Å². The lowest BCUT2D eigenvalue weighted by Gasteiger charge is -2.30. The Morgan fingerprint density at radius 1 is 1.02 bits per heavy atom. The van der Waals surface area contributed by atoms with E-state index < -0.39 is 50.0 Å². The minimum Gasteiger partial charge on any atom is -0.484 e. The molecule has 1 aliphatic heterocycles. The van der Waals surface area contributed by atoms with Crippen molar-refractivity contribution in [2.45, 2.75) is 45.7 Å². The molecule has 1 heterocycles. The van der Waals surface area contributed by atoms with Gasteiger partial charge in [-0.05, 0) is 47.9 Å². The fraction of sp³-hybridized carbons (Fsp3) is 0.323. The van der Waals surface area contributed by atoms with E-state index in [0.29, 0.717) is 16.9 Å². The van der Waals surface area contributed by atoms with Gasteiger partial charge in [-0.1, -0.05) is 69.3 Å². The molecule has 11 heteroatoms. The highest BCUT2D eigenvalue weighted by Crippen LogP contribution is 2.36. The molecule has 224 valence electrons. The van der Waals surface area contributed by atoms with Crippen LogP contribution in [0.5, 0.6) is 5.75 Å². The molecule has 0 aromatic heterocycles. The molecule has 1 saturated heterocycles. The molecule has 0 bridgehead atoms. The van der Waals surface area contributed by atoms with E-state index in [1.165, 1.54) is 26.4 Å². The Morgan fingerprint density at radius 2 is 1.67 bits per heavy atom. The third-order valence-electron chi connectivity index (χ3n) is 6.66. The highest BCUT2D eigenvalue weighted by atomic mass is 31.2. The van der Waals surface area contributed by atoms with Crippen molar-refractivity contribution in [3.8, 4) is 5.75 Å². The number of anilines is 1. The molecule has 0 spiro atoms. The van der Waals surface area contributed by atoms with Crippen LogP contribution in [0.4, 0.5) is 14.9 Å². The van der Waals surface area contributed by atoms with Crippen LogP contribution >= 0.6 is 8.38 Å². The van der Waals surface area contributed by atoms with Crippen LogP contribution in [-0.4, -0.2) is 49.4 Å². The van der Waals surface area contributed by atoms with Gasteiger partial charge in [0.15, 0.2) is 6.35 Å². The summed E-state index contributed by atoms with van der Waals surface area (Å²) in [6, 6.07) is 17.2. The van der Waals surface area contributed by atoms with E-state index in [0.717, 1.165) is 10.5 Å². The zero-order chi connectivity index (χ0) is 30.8. The number of ether oxygens (including phenoxy) is 1. The Kier molecular flexibility index (Phi) is 12.0. The van der Waals surface area contributed by atoms with Gasteiger partial charge in [0.05, 0.1) is 5.69 Å². The van der Waals surface area contributed by atoms with Gasteiger partial charge in [0, 0.05) is 20.1 Å². The number of imide groups is 1. The first-order valence-corrected chi connectivity index (χ1v) is 14.9. The van der Waals surface area contributed by atoms with Crippen molar-refractivity contribution in [3.05, 3.63) is 95.3 Å². The minimum absolute atomic E-state index is 0.0364. The molecule has 0 radical (unpaired) electrons. The molecule has 0 aliphatic carbocycles. The Balaban J connectivity index is 0.00000237. The highest BCUT2D eigenvalue weighted by Gasteiger charge is 2.47. The fourth-order valence-corrected chi connectivity index (χ4v) is 5.10. The third-order valence-corrected chi connectivity index (χ3v) is 7.81. The van der Waals surface area contributed by atoms with Gasteiger partial charge in [0.25, 0.3) is 5.91 Å². The Bertz CT molecular complexity index is 1350. The van der Waals surface area contributed by atoms with Crippen molar-refractivity contribution in [1.29, 1.82) is 0 Å². The normalized spacial score (nSPS) is 15.9. The number of hydrogen-bond donors (Lipinski definition) is 2. The molecule has 4 amide bonds. The number of nitrogens with one attached hydrogen (secondary N) is 2. The van der Waals surface area contributed by atoms with Crippen LogP contribution in [0.1, 0.15) is 49.4 Å². The maximum Gasteiger partial charge on any atom is 0.325 e. The smallest absolute Gasteiger partial charge is 0.325 e. The van der Waals surface area contributed by atoms with Gasteiger partial charge in [-0.15, -0.1) is 0 Å².